The number of rotatable bonds is 6. The fraction of sp³-hybridized carbons (Fsp3) is 0.250. The van der Waals surface area contributed by atoms with Crippen LogP contribution in [0.15, 0.2) is 40.8 Å². The van der Waals surface area contributed by atoms with Crippen molar-refractivity contribution in [2.45, 2.75) is 13.3 Å². The molecule has 116 valence electrons. The highest BCUT2D eigenvalue weighted by Gasteiger charge is 2.13. The maximum atomic E-state index is 12.9. The molecule has 0 saturated carbocycles. The topological polar surface area (TPSA) is 71.3 Å². The van der Waals surface area contributed by atoms with E-state index >= 15 is 0 Å². The molecule has 6 heteroatoms. The Hall–Kier alpha value is -2.63. The second-order valence-corrected chi connectivity index (χ2v) is 4.70. The fourth-order valence-corrected chi connectivity index (χ4v) is 1.80. The molecule has 0 fully saturated rings. The average Bonchev–Trinajstić information content (AvgIpc) is 3.01. The van der Waals surface area contributed by atoms with Gasteiger partial charge in [0.05, 0.1) is 6.54 Å². The summed E-state index contributed by atoms with van der Waals surface area (Å²) in [5.41, 5.74) is 0.668. The number of hydrogen-bond donors (Lipinski definition) is 2. The van der Waals surface area contributed by atoms with Crippen LogP contribution in [0.4, 0.5) is 4.39 Å². The van der Waals surface area contributed by atoms with Gasteiger partial charge in [0.2, 0.25) is 5.91 Å². The molecule has 0 atom stereocenters. The summed E-state index contributed by atoms with van der Waals surface area (Å²) in [6.45, 7) is 2.41. The van der Waals surface area contributed by atoms with Crippen molar-refractivity contribution in [3.8, 4) is 11.3 Å². The highest BCUT2D eigenvalue weighted by molar-refractivity contribution is 5.94. The van der Waals surface area contributed by atoms with Crippen LogP contribution in [0.25, 0.3) is 11.3 Å². The summed E-state index contributed by atoms with van der Waals surface area (Å²) in [6.07, 6.45) is 0.832. The van der Waals surface area contributed by atoms with E-state index in [1.54, 1.807) is 18.2 Å². The smallest absolute Gasteiger partial charge is 0.287 e. The Morgan fingerprint density at radius 3 is 2.50 bits per heavy atom. The fourth-order valence-electron chi connectivity index (χ4n) is 1.80. The van der Waals surface area contributed by atoms with Gasteiger partial charge in [-0.3, -0.25) is 9.59 Å². The number of carbonyl (C=O) groups is 2. The minimum absolute atomic E-state index is 0.0996. The Kier molecular flexibility index (Phi) is 5.30. The molecule has 22 heavy (non-hydrogen) atoms. The van der Waals surface area contributed by atoms with Crippen molar-refractivity contribution >= 4 is 11.8 Å². The maximum absolute atomic E-state index is 12.9. The molecule has 1 heterocycles. The van der Waals surface area contributed by atoms with Gasteiger partial charge in [-0.05, 0) is 42.8 Å². The first-order valence-electron chi connectivity index (χ1n) is 7.01. The molecule has 1 aromatic carbocycles. The predicted octanol–water partition coefficient (Wildman–Crippen LogP) is 2.34. The molecule has 0 radical (unpaired) electrons. The van der Waals surface area contributed by atoms with Crippen LogP contribution >= 0.6 is 0 Å². The summed E-state index contributed by atoms with van der Waals surface area (Å²) in [7, 11) is 0. The van der Waals surface area contributed by atoms with Crippen LogP contribution in [0.5, 0.6) is 0 Å². The van der Waals surface area contributed by atoms with Crippen molar-refractivity contribution in [2.75, 3.05) is 13.1 Å². The summed E-state index contributed by atoms with van der Waals surface area (Å²) in [4.78, 5) is 23.3. The van der Waals surface area contributed by atoms with Gasteiger partial charge in [0, 0.05) is 12.1 Å². The van der Waals surface area contributed by atoms with Crippen LogP contribution in [0.1, 0.15) is 23.9 Å². The van der Waals surface area contributed by atoms with Crippen LogP contribution in [0, 0.1) is 5.82 Å². The molecule has 2 N–H and O–H groups in total. The van der Waals surface area contributed by atoms with E-state index in [9.17, 15) is 14.0 Å². The molecule has 0 saturated heterocycles. The molecule has 0 aliphatic rings. The molecule has 0 aliphatic heterocycles. The van der Waals surface area contributed by atoms with Crippen LogP contribution in [-0.2, 0) is 4.79 Å². The van der Waals surface area contributed by atoms with Gasteiger partial charge < -0.3 is 15.1 Å². The highest BCUT2D eigenvalue weighted by atomic mass is 19.1. The summed E-state index contributed by atoms with van der Waals surface area (Å²) < 4.78 is 18.3. The first kappa shape index (κ1) is 15.8. The van der Waals surface area contributed by atoms with Gasteiger partial charge in [0.25, 0.3) is 5.91 Å². The summed E-state index contributed by atoms with van der Waals surface area (Å²) in [5.74, 6) is -0.505. The quantitative estimate of drug-likeness (QED) is 0.860. The lowest BCUT2D eigenvalue weighted by atomic mass is 10.2. The van der Waals surface area contributed by atoms with Crippen molar-refractivity contribution in [2.24, 2.45) is 0 Å². The maximum Gasteiger partial charge on any atom is 0.287 e. The van der Waals surface area contributed by atoms with E-state index in [0.717, 1.165) is 6.42 Å². The minimum Gasteiger partial charge on any atom is -0.451 e. The van der Waals surface area contributed by atoms with Crippen LogP contribution in [0.3, 0.4) is 0 Å². The number of halogens is 1. The molecule has 0 aliphatic carbocycles. The molecule has 0 spiro atoms. The van der Waals surface area contributed by atoms with E-state index in [0.29, 0.717) is 17.9 Å². The van der Waals surface area contributed by atoms with Gasteiger partial charge in [-0.2, -0.15) is 0 Å². The van der Waals surface area contributed by atoms with Gasteiger partial charge in [-0.1, -0.05) is 6.92 Å². The zero-order valence-corrected chi connectivity index (χ0v) is 12.2. The molecule has 0 unspecified atom stereocenters. The number of amides is 2. The molecular weight excluding hydrogens is 287 g/mol. The van der Waals surface area contributed by atoms with E-state index < -0.39 is 5.91 Å². The lowest BCUT2D eigenvalue weighted by Crippen LogP contribution is -2.37. The van der Waals surface area contributed by atoms with Crippen LogP contribution in [0.2, 0.25) is 0 Å². The van der Waals surface area contributed by atoms with Gasteiger partial charge in [0.15, 0.2) is 5.76 Å². The number of furan rings is 1. The number of hydrogen-bond acceptors (Lipinski definition) is 3. The Labute approximate surface area is 127 Å². The van der Waals surface area contributed by atoms with Crippen molar-refractivity contribution in [1.29, 1.82) is 0 Å². The summed E-state index contributed by atoms with van der Waals surface area (Å²) in [5, 5.41) is 5.13. The summed E-state index contributed by atoms with van der Waals surface area (Å²) >= 11 is 0. The minimum atomic E-state index is -0.472. The monoisotopic (exact) mass is 304 g/mol. The second kappa shape index (κ2) is 7.40. The number of nitrogens with one attached hydrogen (secondary N) is 2. The molecule has 2 aromatic rings. The standard InChI is InChI=1S/C16H17FN2O3/c1-2-9-18-15(20)10-19-16(21)14-8-7-13(22-14)11-3-5-12(17)6-4-11/h3-8H,2,9-10H2,1H3,(H,18,20)(H,19,21). The molecule has 2 amide bonds. The number of benzene rings is 1. The SMILES string of the molecule is CCCNC(=O)CNC(=O)c1ccc(-c2ccc(F)cc2)o1. The number of carbonyl (C=O) groups excluding carboxylic acids is 2. The molecule has 5 nitrogen and oxygen atoms in total. The van der Waals surface area contributed by atoms with Crippen LogP contribution < -0.4 is 10.6 Å². The Morgan fingerprint density at radius 2 is 1.82 bits per heavy atom. The van der Waals surface area contributed by atoms with Crippen molar-refractivity contribution in [3.63, 3.8) is 0 Å². The third kappa shape index (κ3) is 4.18. The highest BCUT2D eigenvalue weighted by Crippen LogP contribution is 2.22. The van der Waals surface area contributed by atoms with Gasteiger partial charge in [-0.25, -0.2) is 4.39 Å². The second-order valence-electron chi connectivity index (χ2n) is 4.70. The van der Waals surface area contributed by atoms with E-state index in [1.807, 2.05) is 6.92 Å². The Bertz CT molecular complexity index is 650. The predicted molar refractivity (Wildman–Crippen MR) is 79.7 cm³/mol. The lowest BCUT2D eigenvalue weighted by Gasteiger charge is -2.04. The first-order valence-corrected chi connectivity index (χ1v) is 7.01. The Balaban J connectivity index is 1.94. The van der Waals surface area contributed by atoms with Gasteiger partial charge in [-0.15, -0.1) is 0 Å². The van der Waals surface area contributed by atoms with E-state index in [2.05, 4.69) is 10.6 Å². The third-order valence-electron chi connectivity index (χ3n) is 2.94. The van der Waals surface area contributed by atoms with Crippen molar-refractivity contribution < 1.29 is 18.4 Å². The molecule has 0 bridgehead atoms. The van der Waals surface area contributed by atoms with Gasteiger partial charge in [0.1, 0.15) is 11.6 Å². The zero-order chi connectivity index (χ0) is 15.9. The normalized spacial score (nSPS) is 10.3. The largest absolute Gasteiger partial charge is 0.451 e. The third-order valence-corrected chi connectivity index (χ3v) is 2.94. The lowest BCUT2D eigenvalue weighted by molar-refractivity contribution is -0.120. The van der Waals surface area contributed by atoms with E-state index in [4.69, 9.17) is 4.42 Å². The van der Waals surface area contributed by atoms with Crippen molar-refractivity contribution in [3.05, 3.63) is 48.0 Å². The summed E-state index contributed by atoms with van der Waals surface area (Å²) in [6, 6.07) is 8.89. The van der Waals surface area contributed by atoms with E-state index in [-0.39, 0.29) is 24.0 Å². The van der Waals surface area contributed by atoms with Crippen molar-refractivity contribution in [1.82, 2.24) is 10.6 Å². The molecule has 1 aromatic heterocycles. The molecule has 2 rings (SSSR count). The van der Waals surface area contributed by atoms with Gasteiger partial charge >= 0.3 is 0 Å². The zero-order valence-electron chi connectivity index (χ0n) is 12.2. The first-order chi connectivity index (χ1) is 10.6. The van der Waals surface area contributed by atoms with E-state index in [1.165, 1.54) is 18.2 Å². The van der Waals surface area contributed by atoms with Crippen LogP contribution in [-0.4, -0.2) is 24.9 Å². The Morgan fingerprint density at radius 1 is 1.09 bits per heavy atom. The molecular formula is C16H17FN2O3. The average molecular weight is 304 g/mol.